The Morgan fingerprint density at radius 3 is 2.72 bits per heavy atom. The zero-order valence-electron chi connectivity index (χ0n) is 16.2. The Labute approximate surface area is 193 Å². The van der Waals surface area contributed by atoms with Crippen molar-refractivity contribution >= 4 is 49.1 Å². The van der Waals surface area contributed by atoms with Crippen LogP contribution >= 0.6 is 43.2 Å². The fourth-order valence-corrected chi connectivity index (χ4v) is 6.38. The molecule has 1 aliphatic rings. The molecule has 0 spiro atoms. The van der Waals surface area contributed by atoms with Crippen LogP contribution in [0.25, 0.3) is 0 Å². The van der Waals surface area contributed by atoms with Gasteiger partial charge in [-0.3, -0.25) is 4.79 Å². The van der Waals surface area contributed by atoms with Crippen LogP contribution in [-0.2, 0) is 11.2 Å². The van der Waals surface area contributed by atoms with Gasteiger partial charge in [-0.05, 0) is 75.9 Å². The molecule has 0 bridgehead atoms. The highest BCUT2D eigenvalue weighted by Crippen LogP contribution is 2.36. The van der Waals surface area contributed by atoms with E-state index in [1.807, 2.05) is 24.3 Å². The van der Waals surface area contributed by atoms with E-state index in [0.29, 0.717) is 32.1 Å². The van der Waals surface area contributed by atoms with Crippen molar-refractivity contribution in [1.82, 2.24) is 0 Å². The number of carbonyl (C=O) groups excluding carboxylic acids is 1. The summed E-state index contributed by atoms with van der Waals surface area (Å²) in [7, 11) is 0. The minimum atomic E-state index is -0.607. The molecule has 1 fully saturated rings. The van der Waals surface area contributed by atoms with Crippen molar-refractivity contribution in [3.8, 4) is 0 Å². The molecule has 5 N–H and O–H groups in total. The molecule has 1 aromatic heterocycles. The van der Waals surface area contributed by atoms with Gasteiger partial charge in [0.15, 0.2) is 0 Å². The molecule has 1 heterocycles. The molecule has 162 valence electrons. The van der Waals surface area contributed by atoms with E-state index in [9.17, 15) is 20.1 Å². The van der Waals surface area contributed by atoms with Crippen LogP contribution in [0, 0.1) is 11.8 Å². The number of carbonyl (C=O) groups is 1. The van der Waals surface area contributed by atoms with Crippen molar-refractivity contribution < 1.29 is 20.1 Å². The van der Waals surface area contributed by atoms with Crippen LogP contribution in [0.2, 0.25) is 0 Å². The van der Waals surface area contributed by atoms with Crippen LogP contribution in [0.15, 0.2) is 38.6 Å². The molecule has 0 radical (unpaired) electrons. The van der Waals surface area contributed by atoms with Crippen molar-refractivity contribution in [2.45, 2.75) is 63.3 Å². The maximum atomic E-state index is 10.7. The molecule has 29 heavy (non-hydrogen) atoms. The SMILES string of the molecule is NC(=O)CCC/C=C/CC1C(O)CC(O)C1/C=C/C(O)CCc1sc(Br)cc1Br. The maximum absolute atomic E-state index is 10.7. The first kappa shape index (κ1) is 24.8. The quantitative estimate of drug-likeness (QED) is 0.246. The predicted molar refractivity (Wildman–Crippen MR) is 124 cm³/mol. The van der Waals surface area contributed by atoms with Crippen LogP contribution in [0.3, 0.4) is 0 Å². The number of hydrogen-bond acceptors (Lipinski definition) is 5. The maximum Gasteiger partial charge on any atom is 0.217 e. The van der Waals surface area contributed by atoms with Gasteiger partial charge < -0.3 is 21.1 Å². The minimum Gasteiger partial charge on any atom is -0.393 e. The van der Waals surface area contributed by atoms with Gasteiger partial charge in [0.25, 0.3) is 0 Å². The van der Waals surface area contributed by atoms with Crippen LogP contribution in [0.1, 0.15) is 43.4 Å². The molecule has 1 saturated carbocycles. The highest BCUT2D eigenvalue weighted by molar-refractivity contribution is 9.11. The van der Waals surface area contributed by atoms with Crippen molar-refractivity contribution in [3.05, 3.63) is 43.5 Å². The summed E-state index contributed by atoms with van der Waals surface area (Å²) in [6.07, 6.45) is 10.0. The van der Waals surface area contributed by atoms with Crippen molar-refractivity contribution in [1.29, 1.82) is 0 Å². The molecule has 5 nitrogen and oxygen atoms in total. The molecule has 1 aromatic rings. The Morgan fingerprint density at radius 1 is 1.31 bits per heavy atom. The Kier molecular flexibility index (Phi) is 10.6. The topological polar surface area (TPSA) is 104 Å². The average Bonchev–Trinajstić information content (AvgIpc) is 3.11. The molecule has 5 atom stereocenters. The molecule has 8 heteroatoms. The van der Waals surface area contributed by atoms with E-state index in [0.717, 1.165) is 21.1 Å². The number of allylic oxidation sites excluding steroid dienone is 2. The lowest BCUT2D eigenvalue weighted by Crippen LogP contribution is -2.20. The number of primary amides is 1. The summed E-state index contributed by atoms with van der Waals surface area (Å²) in [6.45, 7) is 0. The van der Waals surface area contributed by atoms with Crippen molar-refractivity contribution in [3.63, 3.8) is 0 Å². The molecule has 0 aromatic carbocycles. The lowest BCUT2D eigenvalue weighted by molar-refractivity contribution is -0.118. The van der Waals surface area contributed by atoms with E-state index in [-0.39, 0.29) is 17.7 Å². The first-order valence-corrected chi connectivity index (χ1v) is 12.3. The summed E-state index contributed by atoms with van der Waals surface area (Å²) >= 11 is 8.62. The number of hydrogen-bond donors (Lipinski definition) is 4. The standard InChI is InChI=1S/C21H29Br2NO4S/c22-16-11-20(23)29-19(16)10-8-13(25)7-9-15-14(17(26)12-18(15)27)5-3-1-2-4-6-21(24)28/h1,3,7,9,11,13-15,17-18,25-27H,2,4-6,8,10,12H2,(H2,24,28)/b3-1+,9-7+. The molecule has 5 unspecified atom stereocenters. The third kappa shape index (κ3) is 8.26. The highest BCUT2D eigenvalue weighted by Gasteiger charge is 2.39. The molecule has 1 aliphatic carbocycles. The lowest BCUT2D eigenvalue weighted by Gasteiger charge is -2.19. The number of thiophene rings is 1. The van der Waals surface area contributed by atoms with Crippen molar-refractivity contribution in [2.75, 3.05) is 0 Å². The average molecular weight is 551 g/mol. The predicted octanol–water partition coefficient (Wildman–Crippen LogP) is 4.08. The minimum absolute atomic E-state index is 0.0803. The monoisotopic (exact) mass is 549 g/mol. The van der Waals surface area contributed by atoms with Crippen molar-refractivity contribution in [2.24, 2.45) is 17.6 Å². The number of amides is 1. The molecule has 1 amide bonds. The third-order valence-electron chi connectivity index (χ3n) is 5.23. The normalized spacial score (nSPS) is 26.0. The van der Waals surface area contributed by atoms with Gasteiger partial charge in [0.1, 0.15) is 0 Å². The summed E-state index contributed by atoms with van der Waals surface area (Å²) in [5.41, 5.74) is 5.12. The summed E-state index contributed by atoms with van der Waals surface area (Å²) in [4.78, 5) is 11.9. The smallest absolute Gasteiger partial charge is 0.217 e. The largest absolute Gasteiger partial charge is 0.393 e. The van der Waals surface area contributed by atoms with Gasteiger partial charge in [0.2, 0.25) is 5.91 Å². The van der Waals surface area contributed by atoms with E-state index in [2.05, 4.69) is 31.9 Å². The molecular weight excluding hydrogens is 522 g/mol. The van der Waals surface area contributed by atoms with Gasteiger partial charge in [0.05, 0.1) is 22.1 Å². The molecular formula is C21H29Br2NO4S. The highest BCUT2D eigenvalue weighted by atomic mass is 79.9. The number of nitrogens with two attached hydrogens (primary N) is 1. The van der Waals surface area contributed by atoms with Gasteiger partial charge in [-0.1, -0.05) is 24.3 Å². The zero-order chi connectivity index (χ0) is 21.4. The zero-order valence-corrected chi connectivity index (χ0v) is 20.2. The Morgan fingerprint density at radius 2 is 2.07 bits per heavy atom. The van der Waals surface area contributed by atoms with Gasteiger partial charge in [0, 0.05) is 28.1 Å². The summed E-state index contributed by atoms with van der Waals surface area (Å²) < 4.78 is 2.10. The number of aliphatic hydroxyl groups excluding tert-OH is 3. The van der Waals surface area contributed by atoms with Gasteiger partial charge in [-0.2, -0.15) is 0 Å². The summed E-state index contributed by atoms with van der Waals surface area (Å²) in [5, 5.41) is 30.9. The summed E-state index contributed by atoms with van der Waals surface area (Å²) in [6, 6.07) is 2.00. The fourth-order valence-electron chi connectivity index (χ4n) is 3.65. The number of rotatable bonds is 11. The van der Waals surface area contributed by atoms with Gasteiger partial charge in [-0.25, -0.2) is 0 Å². The van der Waals surface area contributed by atoms with E-state index in [1.54, 1.807) is 17.4 Å². The van der Waals surface area contributed by atoms with E-state index in [1.165, 1.54) is 4.88 Å². The number of halogens is 2. The first-order chi connectivity index (χ1) is 13.8. The number of aryl methyl sites for hydroxylation is 1. The number of aliphatic hydroxyl groups is 3. The van der Waals surface area contributed by atoms with Crippen LogP contribution in [-0.4, -0.2) is 39.5 Å². The van der Waals surface area contributed by atoms with Gasteiger partial charge >= 0.3 is 0 Å². The van der Waals surface area contributed by atoms with Crippen LogP contribution in [0.4, 0.5) is 0 Å². The first-order valence-electron chi connectivity index (χ1n) is 9.87. The second kappa shape index (κ2) is 12.4. The number of unbranched alkanes of at least 4 members (excludes halogenated alkanes) is 1. The van der Waals surface area contributed by atoms with Crippen LogP contribution < -0.4 is 5.73 Å². The fraction of sp³-hybridized carbons (Fsp3) is 0.571. The Balaban J connectivity index is 1.84. The van der Waals surface area contributed by atoms with E-state index < -0.39 is 18.3 Å². The second-order valence-corrected chi connectivity index (χ2v) is 10.9. The lowest BCUT2D eigenvalue weighted by atomic mass is 9.89. The Bertz CT molecular complexity index is 722. The second-order valence-electron chi connectivity index (χ2n) is 7.49. The van der Waals surface area contributed by atoms with E-state index >= 15 is 0 Å². The molecule has 0 saturated heterocycles. The Hall–Kier alpha value is -0.510. The summed E-state index contributed by atoms with van der Waals surface area (Å²) in [5.74, 6) is -0.559. The van der Waals surface area contributed by atoms with Crippen LogP contribution in [0.5, 0.6) is 0 Å². The molecule has 0 aliphatic heterocycles. The van der Waals surface area contributed by atoms with E-state index in [4.69, 9.17) is 5.73 Å². The molecule has 2 rings (SSSR count). The van der Waals surface area contributed by atoms with Gasteiger partial charge in [-0.15, -0.1) is 11.3 Å². The third-order valence-corrected chi connectivity index (χ3v) is 7.90.